The molecule has 0 aromatic carbocycles. The third kappa shape index (κ3) is 5.23. The molecule has 0 radical (unpaired) electrons. The van der Waals surface area contributed by atoms with E-state index in [0.717, 1.165) is 24.5 Å². The van der Waals surface area contributed by atoms with Gasteiger partial charge in [-0.3, -0.25) is 23.6 Å². The average molecular weight is 464 g/mol. The van der Waals surface area contributed by atoms with Crippen LogP contribution in [0.1, 0.15) is 52.6 Å². The second-order valence-electron chi connectivity index (χ2n) is 7.98. The summed E-state index contributed by atoms with van der Waals surface area (Å²) in [5.41, 5.74) is 0.716. The fraction of sp³-hybridized carbons (Fsp3) is 0.450. The van der Waals surface area contributed by atoms with Gasteiger partial charge in [0.05, 0.1) is 18.1 Å². The van der Waals surface area contributed by atoms with Gasteiger partial charge in [-0.25, -0.2) is 0 Å². The molecule has 1 fully saturated rings. The maximum atomic E-state index is 13.0. The van der Waals surface area contributed by atoms with Gasteiger partial charge in [-0.1, -0.05) is 0 Å². The molecule has 33 heavy (non-hydrogen) atoms. The summed E-state index contributed by atoms with van der Waals surface area (Å²) in [5, 5.41) is 17.1. The van der Waals surface area contributed by atoms with Crippen LogP contribution in [0.15, 0.2) is 24.7 Å². The van der Waals surface area contributed by atoms with E-state index in [1.165, 1.54) is 15.6 Å². The molecule has 3 aromatic rings. The minimum absolute atomic E-state index is 0.00343. The van der Waals surface area contributed by atoms with E-state index in [-0.39, 0.29) is 36.8 Å². The van der Waals surface area contributed by atoms with Gasteiger partial charge in [-0.15, -0.1) is 0 Å². The summed E-state index contributed by atoms with van der Waals surface area (Å²) in [7, 11) is 3.33. The van der Waals surface area contributed by atoms with E-state index in [4.69, 9.17) is 0 Å². The van der Waals surface area contributed by atoms with Crippen LogP contribution in [0.25, 0.3) is 0 Å². The minimum Gasteiger partial charge on any atom is -0.346 e. The number of nitrogens with one attached hydrogen (secondary N) is 2. The number of carbonyl (C=O) groups is 2. The molecule has 0 spiro atoms. The Balaban J connectivity index is 1.38. The summed E-state index contributed by atoms with van der Waals surface area (Å²) in [6, 6.07) is 1.06. The van der Waals surface area contributed by atoms with E-state index in [1.54, 1.807) is 31.2 Å². The fourth-order valence-electron chi connectivity index (χ4n) is 3.50. The first-order chi connectivity index (χ1) is 15.6. The first-order valence-electron chi connectivity index (χ1n) is 10.3. The lowest BCUT2D eigenvalue weighted by Gasteiger charge is -2.09. The Labute approximate surface area is 186 Å². The number of alkyl halides is 3. The summed E-state index contributed by atoms with van der Waals surface area (Å²) in [6.07, 6.45) is 1.71. The Morgan fingerprint density at radius 2 is 1.94 bits per heavy atom. The highest BCUT2D eigenvalue weighted by atomic mass is 19.4. The Bertz CT molecular complexity index is 1170. The Morgan fingerprint density at radius 1 is 1.18 bits per heavy atom. The number of carbonyl (C=O) groups excluding carboxylic acids is 2. The maximum Gasteiger partial charge on any atom is 0.435 e. The van der Waals surface area contributed by atoms with E-state index < -0.39 is 23.7 Å². The third-order valence-corrected chi connectivity index (χ3v) is 5.29. The zero-order valence-electron chi connectivity index (χ0n) is 18.1. The number of aryl methyl sites for hydroxylation is 3. The van der Waals surface area contributed by atoms with Gasteiger partial charge in [0, 0.05) is 57.0 Å². The van der Waals surface area contributed by atoms with Crippen molar-refractivity contribution in [2.24, 2.45) is 14.1 Å². The highest BCUT2D eigenvalue weighted by Crippen LogP contribution is 2.42. The lowest BCUT2D eigenvalue weighted by Crippen LogP contribution is -2.27. The molecule has 1 aliphatic rings. The van der Waals surface area contributed by atoms with Crippen molar-refractivity contribution >= 4 is 17.5 Å². The molecule has 0 bridgehead atoms. The normalized spacial score (nSPS) is 13.8. The molecule has 2 N–H and O–H groups in total. The Morgan fingerprint density at radius 3 is 2.58 bits per heavy atom. The van der Waals surface area contributed by atoms with Gasteiger partial charge in [-0.05, 0) is 18.9 Å². The van der Waals surface area contributed by atoms with Crippen molar-refractivity contribution in [1.82, 2.24) is 34.7 Å². The van der Waals surface area contributed by atoms with Gasteiger partial charge in [0.1, 0.15) is 5.69 Å². The molecule has 0 aliphatic heterocycles. The number of hydrogen-bond donors (Lipinski definition) is 2. The summed E-state index contributed by atoms with van der Waals surface area (Å²) in [4.78, 5) is 25.1. The summed E-state index contributed by atoms with van der Waals surface area (Å²) in [5.74, 6) is -0.854. The highest BCUT2D eigenvalue weighted by Gasteiger charge is 2.37. The predicted molar refractivity (Wildman–Crippen MR) is 110 cm³/mol. The molecule has 3 heterocycles. The van der Waals surface area contributed by atoms with Crippen LogP contribution in [-0.2, 0) is 38.2 Å². The quantitative estimate of drug-likeness (QED) is 0.531. The van der Waals surface area contributed by atoms with E-state index in [0.29, 0.717) is 5.69 Å². The van der Waals surface area contributed by atoms with Crippen molar-refractivity contribution in [2.45, 2.75) is 44.4 Å². The van der Waals surface area contributed by atoms with Crippen LogP contribution in [0.3, 0.4) is 0 Å². The minimum atomic E-state index is -4.54. The second kappa shape index (κ2) is 8.71. The highest BCUT2D eigenvalue weighted by molar-refractivity contribution is 6.02. The lowest BCUT2D eigenvalue weighted by atomic mass is 10.2. The van der Waals surface area contributed by atoms with Gasteiger partial charge < -0.3 is 10.6 Å². The van der Waals surface area contributed by atoms with Crippen molar-refractivity contribution < 1.29 is 22.8 Å². The molecule has 1 aliphatic carbocycles. The van der Waals surface area contributed by atoms with E-state index in [9.17, 15) is 22.8 Å². The van der Waals surface area contributed by atoms with Gasteiger partial charge in [0.25, 0.3) is 5.91 Å². The molecule has 1 saturated carbocycles. The van der Waals surface area contributed by atoms with Crippen molar-refractivity contribution in [1.29, 1.82) is 0 Å². The Hall–Kier alpha value is -3.64. The predicted octanol–water partition coefficient (Wildman–Crippen LogP) is 2.21. The van der Waals surface area contributed by atoms with Crippen molar-refractivity contribution in [3.05, 3.63) is 47.3 Å². The van der Waals surface area contributed by atoms with E-state index >= 15 is 0 Å². The number of halogens is 3. The molecular formula is C20H23F3N8O2. The van der Waals surface area contributed by atoms with Gasteiger partial charge in [0.2, 0.25) is 5.91 Å². The van der Waals surface area contributed by atoms with Gasteiger partial charge in [-0.2, -0.15) is 28.5 Å². The molecule has 13 heteroatoms. The van der Waals surface area contributed by atoms with Crippen LogP contribution >= 0.6 is 0 Å². The fourth-order valence-corrected chi connectivity index (χ4v) is 3.50. The zero-order valence-corrected chi connectivity index (χ0v) is 18.1. The number of aromatic nitrogens is 6. The van der Waals surface area contributed by atoms with Crippen LogP contribution < -0.4 is 10.6 Å². The molecule has 0 unspecified atom stereocenters. The molecule has 0 saturated heterocycles. The average Bonchev–Trinajstić information content (AvgIpc) is 3.17. The summed E-state index contributed by atoms with van der Waals surface area (Å²) < 4.78 is 43.3. The van der Waals surface area contributed by atoms with E-state index in [2.05, 4.69) is 25.9 Å². The largest absolute Gasteiger partial charge is 0.435 e. The maximum absolute atomic E-state index is 13.0. The number of amides is 2. The monoisotopic (exact) mass is 464 g/mol. The Kier molecular flexibility index (Phi) is 5.95. The van der Waals surface area contributed by atoms with Crippen molar-refractivity contribution in [3.63, 3.8) is 0 Å². The smallest absolute Gasteiger partial charge is 0.346 e. The number of hydrogen-bond acceptors (Lipinski definition) is 5. The van der Waals surface area contributed by atoms with Crippen molar-refractivity contribution in [2.75, 3.05) is 5.32 Å². The standard InChI is InChI=1S/C20H23F3N8O2/c1-29-11-12(9-25-29)8-24-19(33)18-14(10-26-30(18)2)27-17(32)5-6-31-15(13-3-4-13)7-16(28-31)20(21,22)23/h7,9-11,13H,3-6,8H2,1-2H3,(H,24,33)(H,27,32). The first-order valence-corrected chi connectivity index (χ1v) is 10.3. The number of nitrogens with zero attached hydrogens (tertiary/aromatic N) is 6. The van der Waals surface area contributed by atoms with Crippen LogP contribution in [0.5, 0.6) is 0 Å². The molecular weight excluding hydrogens is 441 g/mol. The SMILES string of the molecule is Cn1cc(CNC(=O)c2c(NC(=O)CCn3nc(C(F)(F)F)cc3C3CC3)cnn2C)cn1. The summed E-state index contributed by atoms with van der Waals surface area (Å²) >= 11 is 0. The molecule has 0 atom stereocenters. The molecule has 10 nitrogen and oxygen atoms in total. The zero-order chi connectivity index (χ0) is 23.8. The molecule has 2 amide bonds. The topological polar surface area (TPSA) is 112 Å². The third-order valence-electron chi connectivity index (χ3n) is 5.29. The summed E-state index contributed by atoms with van der Waals surface area (Å²) in [6.45, 7) is 0.243. The van der Waals surface area contributed by atoms with Crippen LogP contribution in [-0.4, -0.2) is 41.2 Å². The lowest BCUT2D eigenvalue weighted by molar-refractivity contribution is -0.141. The van der Waals surface area contributed by atoms with Gasteiger partial charge in [0.15, 0.2) is 5.69 Å². The molecule has 176 valence electrons. The van der Waals surface area contributed by atoms with Crippen LogP contribution in [0.4, 0.5) is 18.9 Å². The van der Waals surface area contributed by atoms with Crippen LogP contribution in [0, 0.1) is 0 Å². The second-order valence-corrected chi connectivity index (χ2v) is 7.98. The molecule has 3 aromatic heterocycles. The number of anilines is 1. The van der Waals surface area contributed by atoms with Crippen LogP contribution in [0.2, 0.25) is 0 Å². The molecule has 4 rings (SSSR count). The first kappa shape index (κ1) is 22.6. The number of rotatable bonds is 8. The van der Waals surface area contributed by atoms with E-state index in [1.807, 2.05) is 0 Å². The van der Waals surface area contributed by atoms with Crippen molar-refractivity contribution in [3.8, 4) is 0 Å². The van der Waals surface area contributed by atoms with Gasteiger partial charge >= 0.3 is 6.18 Å².